The van der Waals surface area contributed by atoms with Crippen LogP contribution in [0, 0.1) is 0 Å². The maximum Gasteiger partial charge on any atom is 0.250 e. The van der Waals surface area contributed by atoms with E-state index in [9.17, 15) is 4.79 Å². The highest BCUT2D eigenvalue weighted by Crippen LogP contribution is 2.24. The van der Waals surface area contributed by atoms with Crippen LogP contribution in [-0.4, -0.2) is 10.9 Å². The fourth-order valence-corrected chi connectivity index (χ4v) is 3.63. The minimum absolute atomic E-state index is 0.193. The number of hydrogen-bond acceptors (Lipinski definition) is 3. The van der Waals surface area contributed by atoms with Crippen LogP contribution in [0.1, 0.15) is 41.3 Å². The molecule has 3 aromatic rings. The molecule has 2 aromatic carbocycles. The molecule has 0 fully saturated rings. The molecule has 1 amide bonds. The zero-order valence-electron chi connectivity index (χ0n) is 15.3. The first-order valence-electron chi connectivity index (χ1n) is 8.78. The molecular weight excluding hydrogens is 376 g/mol. The number of carbonyl (C=O) groups excluding carboxylic acids is 1. The van der Waals surface area contributed by atoms with Gasteiger partial charge in [-0.15, -0.1) is 11.3 Å². The van der Waals surface area contributed by atoms with Crippen LogP contribution in [0.4, 0.5) is 5.13 Å². The van der Waals surface area contributed by atoms with Gasteiger partial charge in [-0.3, -0.25) is 10.1 Å². The van der Waals surface area contributed by atoms with Crippen LogP contribution >= 0.6 is 22.9 Å². The van der Waals surface area contributed by atoms with E-state index in [4.69, 9.17) is 11.6 Å². The van der Waals surface area contributed by atoms with Crippen LogP contribution < -0.4 is 5.32 Å². The van der Waals surface area contributed by atoms with Crippen molar-refractivity contribution in [2.24, 2.45) is 0 Å². The number of thiazole rings is 1. The van der Waals surface area contributed by atoms with Crippen molar-refractivity contribution in [1.82, 2.24) is 4.98 Å². The van der Waals surface area contributed by atoms with E-state index in [2.05, 4.69) is 36.3 Å². The van der Waals surface area contributed by atoms with Gasteiger partial charge in [0.15, 0.2) is 5.13 Å². The third-order valence-corrected chi connectivity index (χ3v) is 5.42. The molecule has 1 aromatic heterocycles. The predicted molar refractivity (Wildman–Crippen MR) is 115 cm³/mol. The first-order valence-corrected chi connectivity index (χ1v) is 9.98. The largest absolute Gasteiger partial charge is 0.298 e. The summed E-state index contributed by atoms with van der Waals surface area (Å²) in [5, 5.41) is 4.14. The summed E-state index contributed by atoms with van der Waals surface area (Å²) < 4.78 is 0. The molecule has 0 radical (unpaired) electrons. The standard InChI is InChI=1S/C22H21ClN2OS/c1-15(2)17-10-7-16(8-11-17)9-12-21(26)25-22-24-14-19(27-22)13-18-5-3-4-6-20(18)23/h3-12,14-15H,13H2,1-2H3,(H,24,25,26). The Balaban J connectivity index is 1.58. The summed E-state index contributed by atoms with van der Waals surface area (Å²) in [4.78, 5) is 17.5. The minimum atomic E-state index is -0.193. The van der Waals surface area contributed by atoms with Gasteiger partial charge in [0.05, 0.1) is 0 Å². The quantitative estimate of drug-likeness (QED) is 0.507. The number of rotatable bonds is 6. The van der Waals surface area contributed by atoms with E-state index in [0.717, 1.165) is 21.0 Å². The Labute approximate surface area is 168 Å². The Kier molecular flexibility index (Phi) is 6.43. The van der Waals surface area contributed by atoms with E-state index >= 15 is 0 Å². The summed E-state index contributed by atoms with van der Waals surface area (Å²) in [5.41, 5.74) is 3.32. The van der Waals surface area contributed by atoms with E-state index in [0.29, 0.717) is 17.5 Å². The van der Waals surface area contributed by atoms with Gasteiger partial charge in [0.2, 0.25) is 5.91 Å². The van der Waals surface area contributed by atoms with Gasteiger partial charge in [-0.2, -0.15) is 0 Å². The third kappa shape index (κ3) is 5.52. The number of benzene rings is 2. The lowest BCUT2D eigenvalue weighted by Gasteiger charge is -2.04. The Morgan fingerprint density at radius 2 is 1.93 bits per heavy atom. The molecule has 0 saturated carbocycles. The second kappa shape index (κ2) is 8.98. The van der Waals surface area contributed by atoms with Gasteiger partial charge in [0.1, 0.15) is 0 Å². The summed E-state index contributed by atoms with van der Waals surface area (Å²) in [6, 6.07) is 15.9. The summed E-state index contributed by atoms with van der Waals surface area (Å²) in [5.74, 6) is 0.303. The van der Waals surface area contributed by atoms with E-state index in [-0.39, 0.29) is 5.91 Å². The second-order valence-corrected chi connectivity index (χ2v) is 8.07. The highest BCUT2D eigenvalue weighted by Gasteiger charge is 2.07. The summed E-state index contributed by atoms with van der Waals surface area (Å²) in [7, 11) is 0. The van der Waals surface area contributed by atoms with Crippen LogP contribution in [-0.2, 0) is 11.2 Å². The van der Waals surface area contributed by atoms with Crippen LogP contribution in [0.2, 0.25) is 5.02 Å². The number of amides is 1. The van der Waals surface area contributed by atoms with Gasteiger partial charge in [-0.05, 0) is 34.8 Å². The number of anilines is 1. The monoisotopic (exact) mass is 396 g/mol. The maximum atomic E-state index is 12.1. The molecule has 1 heterocycles. The van der Waals surface area contributed by atoms with Crippen molar-refractivity contribution in [1.29, 1.82) is 0 Å². The lowest BCUT2D eigenvalue weighted by molar-refractivity contribution is -0.111. The normalized spacial score (nSPS) is 11.3. The van der Waals surface area contributed by atoms with Crippen LogP contribution in [0.15, 0.2) is 60.8 Å². The Morgan fingerprint density at radius 1 is 1.19 bits per heavy atom. The first kappa shape index (κ1) is 19.3. The van der Waals surface area contributed by atoms with E-state index in [1.54, 1.807) is 12.3 Å². The van der Waals surface area contributed by atoms with E-state index in [1.165, 1.54) is 23.0 Å². The fourth-order valence-electron chi connectivity index (χ4n) is 2.59. The number of nitrogens with zero attached hydrogens (tertiary/aromatic N) is 1. The molecule has 0 aliphatic carbocycles. The third-order valence-electron chi connectivity index (χ3n) is 4.14. The molecule has 3 rings (SSSR count). The Hall–Kier alpha value is -2.43. The lowest BCUT2D eigenvalue weighted by atomic mass is 10.0. The molecule has 0 aliphatic heterocycles. The fraction of sp³-hybridized carbons (Fsp3) is 0.182. The van der Waals surface area contributed by atoms with Crippen molar-refractivity contribution >= 4 is 40.1 Å². The molecule has 27 heavy (non-hydrogen) atoms. The molecular formula is C22H21ClN2OS. The number of nitrogens with one attached hydrogen (secondary N) is 1. The van der Waals surface area contributed by atoms with Crippen LogP contribution in [0.3, 0.4) is 0 Å². The number of carbonyl (C=O) groups is 1. The summed E-state index contributed by atoms with van der Waals surface area (Å²) in [6.45, 7) is 4.32. The number of aromatic nitrogens is 1. The molecule has 138 valence electrons. The predicted octanol–water partition coefficient (Wildman–Crippen LogP) is 6.16. The zero-order chi connectivity index (χ0) is 19.2. The molecule has 0 saturated heterocycles. The Bertz CT molecular complexity index is 945. The van der Waals surface area contributed by atoms with Gasteiger partial charge in [-0.1, -0.05) is 67.9 Å². The van der Waals surface area contributed by atoms with Gasteiger partial charge in [-0.25, -0.2) is 4.98 Å². The van der Waals surface area contributed by atoms with Crippen molar-refractivity contribution in [2.75, 3.05) is 5.32 Å². The molecule has 1 N–H and O–H groups in total. The van der Waals surface area contributed by atoms with Gasteiger partial charge in [0, 0.05) is 28.6 Å². The Morgan fingerprint density at radius 3 is 2.63 bits per heavy atom. The average Bonchev–Trinajstić information content (AvgIpc) is 3.09. The molecule has 5 heteroatoms. The van der Waals surface area contributed by atoms with Crippen molar-refractivity contribution in [2.45, 2.75) is 26.2 Å². The molecule has 0 atom stereocenters. The first-order chi connectivity index (χ1) is 13.0. The molecule has 3 nitrogen and oxygen atoms in total. The molecule has 0 bridgehead atoms. The summed E-state index contributed by atoms with van der Waals surface area (Å²) in [6.07, 6.45) is 5.81. The molecule has 0 unspecified atom stereocenters. The van der Waals surface area contributed by atoms with Crippen molar-refractivity contribution in [3.05, 3.63) is 87.4 Å². The summed E-state index contributed by atoms with van der Waals surface area (Å²) >= 11 is 7.65. The SMILES string of the molecule is CC(C)c1ccc(C=CC(=O)Nc2ncc(Cc3ccccc3Cl)s2)cc1. The van der Waals surface area contributed by atoms with Crippen LogP contribution in [0.25, 0.3) is 6.08 Å². The second-order valence-electron chi connectivity index (χ2n) is 6.54. The maximum absolute atomic E-state index is 12.1. The lowest BCUT2D eigenvalue weighted by Crippen LogP contribution is -2.07. The topological polar surface area (TPSA) is 42.0 Å². The minimum Gasteiger partial charge on any atom is -0.298 e. The molecule has 0 aliphatic rings. The van der Waals surface area contributed by atoms with Gasteiger partial charge < -0.3 is 0 Å². The van der Waals surface area contributed by atoms with Crippen molar-refractivity contribution in [3.8, 4) is 0 Å². The highest BCUT2D eigenvalue weighted by molar-refractivity contribution is 7.15. The number of hydrogen-bond donors (Lipinski definition) is 1. The smallest absolute Gasteiger partial charge is 0.250 e. The van der Waals surface area contributed by atoms with Gasteiger partial charge >= 0.3 is 0 Å². The van der Waals surface area contributed by atoms with E-state index < -0.39 is 0 Å². The van der Waals surface area contributed by atoms with Gasteiger partial charge in [0.25, 0.3) is 0 Å². The van der Waals surface area contributed by atoms with E-state index in [1.807, 2.05) is 36.4 Å². The van der Waals surface area contributed by atoms with Crippen LogP contribution in [0.5, 0.6) is 0 Å². The zero-order valence-corrected chi connectivity index (χ0v) is 16.8. The number of halogens is 1. The van der Waals surface area contributed by atoms with Crippen molar-refractivity contribution in [3.63, 3.8) is 0 Å². The highest BCUT2D eigenvalue weighted by atomic mass is 35.5. The molecule has 0 spiro atoms. The van der Waals surface area contributed by atoms with Crippen molar-refractivity contribution < 1.29 is 4.79 Å². The average molecular weight is 397 g/mol.